The molecule has 1 unspecified atom stereocenters. The summed E-state index contributed by atoms with van der Waals surface area (Å²) in [6.45, 7) is 51.5. The van der Waals surface area contributed by atoms with E-state index in [1.807, 2.05) is 0 Å². The van der Waals surface area contributed by atoms with Gasteiger partial charge in [0.1, 0.15) is 0 Å². The first kappa shape index (κ1) is 76.2. The van der Waals surface area contributed by atoms with Gasteiger partial charge in [0.15, 0.2) is 0 Å². The van der Waals surface area contributed by atoms with Crippen molar-refractivity contribution in [1.82, 2.24) is 0 Å². The lowest BCUT2D eigenvalue weighted by Gasteiger charge is -2.56. The third-order valence-corrected chi connectivity index (χ3v) is 34.9. The van der Waals surface area contributed by atoms with Crippen LogP contribution in [0.5, 0.6) is 0 Å². The molecule has 92 heavy (non-hydrogen) atoms. The lowest BCUT2D eigenvalue weighted by atomic mass is 9.49. The van der Waals surface area contributed by atoms with Crippen LogP contribution in [0.25, 0.3) is 0 Å². The fourth-order valence-electron chi connectivity index (χ4n) is 28.0. The molecule has 21 rings (SSSR count). The molecule has 0 amide bonds. The van der Waals surface area contributed by atoms with E-state index >= 15 is 0 Å². The van der Waals surface area contributed by atoms with Gasteiger partial charge >= 0.3 is 0 Å². The minimum atomic E-state index is 0.526. The van der Waals surface area contributed by atoms with Crippen LogP contribution in [0.1, 0.15) is 428 Å². The van der Waals surface area contributed by atoms with Gasteiger partial charge in [0.25, 0.3) is 0 Å². The average molecular weight is 1270 g/mol. The van der Waals surface area contributed by atoms with E-state index in [0.717, 1.165) is 117 Å². The first-order valence-electron chi connectivity index (χ1n) is 43.0. The van der Waals surface area contributed by atoms with E-state index in [0.29, 0.717) is 37.9 Å². The molecule has 0 aromatic rings. The van der Waals surface area contributed by atoms with Crippen LogP contribution in [0.2, 0.25) is 0 Å². The van der Waals surface area contributed by atoms with Crippen molar-refractivity contribution in [1.29, 1.82) is 0 Å². The van der Waals surface area contributed by atoms with Crippen molar-refractivity contribution in [3.8, 4) is 0 Å². The Bertz CT molecular complexity index is 2070. The largest absolute Gasteiger partial charge is 0.0649 e. The number of rotatable bonds is 2. The van der Waals surface area contributed by atoms with Crippen molar-refractivity contribution in [3.05, 3.63) is 0 Å². The van der Waals surface area contributed by atoms with E-state index in [-0.39, 0.29) is 0 Å². The molecule has 2 spiro atoms. The van der Waals surface area contributed by atoms with Crippen molar-refractivity contribution < 1.29 is 0 Å². The Balaban J connectivity index is 0.000000125. The van der Waals surface area contributed by atoms with Gasteiger partial charge in [0.05, 0.1) is 0 Å². The molecule has 12 bridgehead atoms. The molecule has 536 valence electrons. The smallest absolute Gasteiger partial charge is 0.0287 e. The highest BCUT2D eigenvalue weighted by Gasteiger charge is 2.53. The molecule has 0 aliphatic heterocycles. The van der Waals surface area contributed by atoms with Crippen LogP contribution >= 0.6 is 0 Å². The highest BCUT2D eigenvalue weighted by atomic mass is 14.6. The first-order valence-corrected chi connectivity index (χ1v) is 43.0. The van der Waals surface area contributed by atoms with Gasteiger partial charge in [-0.05, 0) is 367 Å². The van der Waals surface area contributed by atoms with Gasteiger partial charge in [0.2, 0.25) is 0 Å². The SMILES string of the molecule is CC1C2CCC(CC2)[C@H]1C.CC1CCC2(CC1)CC(C)(C)CC(C)(C)C2.CC1CCC2(CCCCC2)CC1.CCC1(C)CC(C)(C)C(C)(C)C1.CCC12CC3CC(CC(C3)C1)C2.C[C@@H]1C2CCC(CC2)C1(C)C.C[C@H]1CC2CCC1(C)CC2.C[C@H]1CC2CCC1CC2. The zero-order valence-electron chi connectivity index (χ0n) is 66.9. The standard InChI is InChI=1S/C16H30.C12H20.C12H22.C12H24.C11H20.2C10H18.C9H16/c1-13-6-8-16(9-7-13)11-14(2,3)10-15(4,5)12-16;1-2-12-6-9-3-10(7-12)5-11(4-9)8-12;1-11-5-9-12(10-6-11)7-3-2-4-8-12;1-7-12(6)8-10(2,3)11(4,5)9-12;1-8-9-4-6-10(7-5-9)11(8,2)3;1-8-7-9-3-5-10(8,2)6-4-9;1-7-8(2)10-5-3-9(7)4-6-10;1-7-6-8-2-4-9(7)5-3-8/h13H,6-12H2,1-5H3;9-11H,2-8H2,1H3;11H,2-10H2,1H3;7-9H2,1-6H3;8-10H,4-7H2,1-3H3;8-9H,3-7H2,1-2H3;7-10H,3-6H2,1-2H3;7-9H,2-6H2,1H3/t;;;;2*8-,9?,10?;7-,8?,9?,10?;7-,8?,9?/m....1000/s1. The van der Waals surface area contributed by atoms with Crippen molar-refractivity contribution >= 4 is 0 Å². The molecule has 5 atom stereocenters. The maximum atomic E-state index is 2.49. The molecule has 21 aliphatic rings. The Morgan fingerprint density at radius 1 is 0.326 bits per heavy atom. The van der Waals surface area contributed by atoms with E-state index in [4.69, 9.17) is 0 Å². The number of hydrogen-bond acceptors (Lipinski definition) is 0. The highest BCUT2D eigenvalue weighted by Crippen LogP contribution is 2.64. The average Bonchev–Trinajstić information content (AvgIpc) is 0.912. The molecule has 0 nitrogen and oxygen atoms in total. The van der Waals surface area contributed by atoms with Crippen LogP contribution in [-0.2, 0) is 0 Å². The van der Waals surface area contributed by atoms with E-state index in [2.05, 4.69) is 145 Å². The van der Waals surface area contributed by atoms with Crippen LogP contribution < -0.4 is 0 Å². The lowest BCUT2D eigenvalue weighted by molar-refractivity contribution is -0.0545. The summed E-state index contributed by atoms with van der Waals surface area (Å²) in [5, 5.41) is 0. The van der Waals surface area contributed by atoms with Crippen LogP contribution in [0.15, 0.2) is 0 Å². The molecule has 21 saturated carbocycles. The fourth-order valence-corrected chi connectivity index (χ4v) is 28.0. The molecule has 21 fully saturated rings. The summed E-state index contributed by atoms with van der Waals surface area (Å²) in [5.41, 5.74) is 6.58. The zero-order valence-corrected chi connectivity index (χ0v) is 66.9. The van der Waals surface area contributed by atoms with Gasteiger partial charge in [-0.2, -0.15) is 0 Å². The Morgan fingerprint density at radius 2 is 0.739 bits per heavy atom. The third kappa shape index (κ3) is 18.9. The quantitative estimate of drug-likeness (QED) is 0.259. The van der Waals surface area contributed by atoms with Gasteiger partial charge in [-0.15, -0.1) is 0 Å². The summed E-state index contributed by atoms with van der Waals surface area (Å²) >= 11 is 0. The van der Waals surface area contributed by atoms with E-state index in [9.17, 15) is 0 Å². The Hall–Kier alpha value is 0. The van der Waals surface area contributed by atoms with Gasteiger partial charge in [0, 0.05) is 0 Å². The van der Waals surface area contributed by atoms with Crippen LogP contribution in [0.3, 0.4) is 0 Å². The molecule has 0 N–H and O–H groups in total. The maximum absolute atomic E-state index is 2.49. The molecule has 0 heterocycles. The normalized spacial score (nSPS) is 43.8. The summed E-state index contributed by atoms with van der Waals surface area (Å²) in [4.78, 5) is 0. The third-order valence-electron chi connectivity index (χ3n) is 34.9. The van der Waals surface area contributed by atoms with Crippen LogP contribution in [0.4, 0.5) is 0 Å². The minimum Gasteiger partial charge on any atom is -0.0649 e. The van der Waals surface area contributed by atoms with E-state index in [1.165, 1.54) is 186 Å². The van der Waals surface area contributed by atoms with Crippen LogP contribution in [-0.4, -0.2) is 0 Å². The monoisotopic (exact) mass is 1270 g/mol. The molecule has 0 aromatic carbocycles. The fraction of sp³-hybridized carbons (Fsp3) is 1.00. The molecular formula is C92H168. The first-order chi connectivity index (χ1) is 43.0. The predicted molar refractivity (Wildman–Crippen MR) is 406 cm³/mol. The van der Waals surface area contributed by atoms with E-state index in [1.54, 1.807) is 96.3 Å². The number of hydrogen-bond donors (Lipinski definition) is 0. The maximum Gasteiger partial charge on any atom is -0.0287 e. The Kier molecular flexibility index (Phi) is 25.4. The topological polar surface area (TPSA) is 0 Å². The van der Waals surface area contributed by atoms with Gasteiger partial charge in [-0.25, -0.2) is 0 Å². The molecule has 21 aliphatic carbocycles. The summed E-state index contributed by atoms with van der Waals surface area (Å²) in [6.07, 6.45) is 66.9. The number of fused-ring (bicyclic) bond motifs is 12. The predicted octanol–water partition coefficient (Wildman–Crippen LogP) is 30.0. The molecule has 0 saturated heterocycles. The zero-order chi connectivity index (χ0) is 66.9. The van der Waals surface area contributed by atoms with Crippen molar-refractivity contribution in [3.63, 3.8) is 0 Å². The lowest BCUT2D eigenvalue weighted by Crippen LogP contribution is -2.45. The van der Waals surface area contributed by atoms with Gasteiger partial charge in [-0.1, -0.05) is 216 Å². The van der Waals surface area contributed by atoms with E-state index < -0.39 is 0 Å². The summed E-state index contributed by atoms with van der Waals surface area (Å²) < 4.78 is 0. The molecule has 0 heteroatoms. The van der Waals surface area contributed by atoms with Crippen LogP contribution in [0, 0.1) is 155 Å². The second-order valence-electron chi connectivity index (χ2n) is 44.2. The van der Waals surface area contributed by atoms with Crippen molar-refractivity contribution in [2.75, 3.05) is 0 Å². The Labute approximate surface area is 579 Å². The van der Waals surface area contributed by atoms with Crippen molar-refractivity contribution in [2.45, 2.75) is 428 Å². The molecular weight excluding hydrogens is 1110 g/mol. The highest BCUT2D eigenvalue weighted by molar-refractivity contribution is 5.04. The summed E-state index contributed by atoms with van der Waals surface area (Å²) in [5.74, 6) is 18.3. The second kappa shape index (κ2) is 30.7. The van der Waals surface area contributed by atoms with Gasteiger partial charge in [-0.3, -0.25) is 0 Å². The minimum absolute atomic E-state index is 0.526. The van der Waals surface area contributed by atoms with Crippen molar-refractivity contribution in [2.24, 2.45) is 155 Å². The summed E-state index contributed by atoms with van der Waals surface area (Å²) in [7, 11) is 0. The molecule has 0 aromatic heterocycles. The van der Waals surface area contributed by atoms with Gasteiger partial charge < -0.3 is 0 Å². The second-order valence-corrected chi connectivity index (χ2v) is 44.2. The molecule has 0 radical (unpaired) electrons. The summed E-state index contributed by atoms with van der Waals surface area (Å²) in [6, 6.07) is 0. The Morgan fingerprint density at radius 3 is 1.04 bits per heavy atom.